The lowest BCUT2D eigenvalue weighted by Gasteiger charge is -2.36. The van der Waals surface area contributed by atoms with Crippen molar-refractivity contribution in [2.75, 3.05) is 19.0 Å². The van der Waals surface area contributed by atoms with Crippen LogP contribution in [0.25, 0.3) is 0 Å². The molecule has 19 heavy (non-hydrogen) atoms. The molecule has 0 atom stereocenters. The molecule has 0 bridgehead atoms. The summed E-state index contributed by atoms with van der Waals surface area (Å²) in [4.78, 5) is 2.50. The van der Waals surface area contributed by atoms with E-state index in [1.54, 1.807) is 0 Å². The maximum atomic E-state index is 3.21. The number of aryl methyl sites for hydroxylation is 1. The first-order valence-electron chi connectivity index (χ1n) is 7.58. The Labute approximate surface area is 118 Å². The molecule has 1 aromatic carbocycles. The third-order valence-electron chi connectivity index (χ3n) is 4.56. The number of nitrogens with one attached hydrogen (secondary N) is 1. The molecular weight excluding hydrogens is 232 g/mol. The van der Waals surface area contributed by atoms with Crippen LogP contribution < -0.4 is 10.2 Å². The SMILES string of the molecule is CNCc1ccc(N(C)C2CCC(C)CC2)c(C)c1. The van der Waals surface area contributed by atoms with Crippen molar-refractivity contribution in [3.05, 3.63) is 29.3 Å². The number of hydrogen-bond acceptors (Lipinski definition) is 2. The van der Waals surface area contributed by atoms with Crippen molar-refractivity contribution in [1.82, 2.24) is 5.32 Å². The number of nitrogens with zero attached hydrogens (tertiary/aromatic N) is 1. The molecule has 1 saturated carbocycles. The second kappa shape index (κ2) is 6.42. The third-order valence-corrected chi connectivity index (χ3v) is 4.56. The fraction of sp³-hybridized carbons (Fsp3) is 0.647. The largest absolute Gasteiger partial charge is 0.371 e. The van der Waals surface area contributed by atoms with Crippen molar-refractivity contribution in [3.63, 3.8) is 0 Å². The number of hydrogen-bond donors (Lipinski definition) is 1. The zero-order valence-electron chi connectivity index (χ0n) is 12.9. The van der Waals surface area contributed by atoms with Crippen LogP contribution in [0.2, 0.25) is 0 Å². The highest BCUT2D eigenvalue weighted by molar-refractivity contribution is 5.54. The van der Waals surface area contributed by atoms with Gasteiger partial charge in [-0.05, 0) is 62.8 Å². The quantitative estimate of drug-likeness (QED) is 0.887. The second-order valence-corrected chi connectivity index (χ2v) is 6.18. The van der Waals surface area contributed by atoms with Crippen LogP contribution in [-0.2, 0) is 6.54 Å². The Morgan fingerprint density at radius 2 is 1.89 bits per heavy atom. The van der Waals surface area contributed by atoms with Gasteiger partial charge in [0.05, 0.1) is 0 Å². The number of anilines is 1. The van der Waals surface area contributed by atoms with Gasteiger partial charge in [0.2, 0.25) is 0 Å². The summed E-state index contributed by atoms with van der Waals surface area (Å²) in [5.74, 6) is 0.920. The molecular formula is C17H28N2. The van der Waals surface area contributed by atoms with E-state index in [2.05, 4.69) is 49.3 Å². The number of rotatable bonds is 4. The summed E-state index contributed by atoms with van der Waals surface area (Å²) in [7, 11) is 4.26. The molecule has 0 radical (unpaired) electrons. The number of benzene rings is 1. The molecule has 1 aromatic rings. The summed E-state index contributed by atoms with van der Waals surface area (Å²) in [6.45, 7) is 5.57. The fourth-order valence-electron chi connectivity index (χ4n) is 3.25. The van der Waals surface area contributed by atoms with E-state index in [0.717, 1.165) is 18.5 Å². The summed E-state index contributed by atoms with van der Waals surface area (Å²) >= 11 is 0. The predicted octanol–water partition coefficient (Wildman–Crippen LogP) is 3.73. The van der Waals surface area contributed by atoms with Crippen molar-refractivity contribution in [1.29, 1.82) is 0 Å². The van der Waals surface area contributed by atoms with Crippen LogP contribution in [0, 0.1) is 12.8 Å². The van der Waals surface area contributed by atoms with Crippen molar-refractivity contribution in [3.8, 4) is 0 Å². The minimum absolute atomic E-state index is 0.727. The Hall–Kier alpha value is -1.02. The highest BCUT2D eigenvalue weighted by Crippen LogP contribution is 2.31. The van der Waals surface area contributed by atoms with E-state index in [-0.39, 0.29) is 0 Å². The first-order valence-corrected chi connectivity index (χ1v) is 7.58. The normalized spacial score (nSPS) is 23.4. The summed E-state index contributed by atoms with van der Waals surface area (Å²) in [5.41, 5.74) is 4.17. The smallest absolute Gasteiger partial charge is 0.0396 e. The van der Waals surface area contributed by atoms with Crippen LogP contribution in [0.15, 0.2) is 18.2 Å². The van der Waals surface area contributed by atoms with Gasteiger partial charge in [0, 0.05) is 25.3 Å². The summed E-state index contributed by atoms with van der Waals surface area (Å²) in [6.07, 6.45) is 5.45. The van der Waals surface area contributed by atoms with Crippen molar-refractivity contribution in [2.45, 2.75) is 52.1 Å². The van der Waals surface area contributed by atoms with Gasteiger partial charge >= 0.3 is 0 Å². The minimum atomic E-state index is 0.727. The average molecular weight is 260 g/mol. The fourth-order valence-corrected chi connectivity index (χ4v) is 3.25. The molecule has 0 aliphatic heterocycles. The van der Waals surface area contributed by atoms with E-state index >= 15 is 0 Å². The van der Waals surface area contributed by atoms with Gasteiger partial charge in [-0.2, -0.15) is 0 Å². The van der Waals surface area contributed by atoms with Crippen LogP contribution in [0.5, 0.6) is 0 Å². The first-order chi connectivity index (χ1) is 9.11. The molecule has 2 rings (SSSR count). The lowest BCUT2D eigenvalue weighted by Crippen LogP contribution is -2.35. The van der Waals surface area contributed by atoms with Gasteiger partial charge in [-0.3, -0.25) is 0 Å². The molecule has 2 nitrogen and oxygen atoms in total. The molecule has 0 heterocycles. The van der Waals surface area contributed by atoms with E-state index < -0.39 is 0 Å². The molecule has 0 unspecified atom stereocenters. The lowest BCUT2D eigenvalue weighted by atomic mass is 9.86. The second-order valence-electron chi connectivity index (χ2n) is 6.18. The summed E-state index contributed by atoms with van der Waals surface area (Å²) in [6, 6.07) is 7.58. The van der Waals surface area contributed by atoms with E-state index in [0.29, 0.717) is 0 Å². The Balaban J connectivity index is 2.08. The van der Waals surface area contributed by atoms with Gasteiger partial charge in [-0.25, -0.2) is 0 Å². The first kappa shape index (κ1) is 14.4. The van der Waals surface area contributed by atoms with Crippen LogP contribution in [0.1, 0.15) is 43.7 Å². The standard InChI is InChI=1S/C17H28N2/c1-13-5-8-16(9-6-13)19(4)17-10-7-15(12-18-3)11-14(17)2/h7,10-11,13,16,18H,5-6,8-9,12H2,1-4H3. The molecule has 1 aliphatic rings. The van der Waals surface area contributed by atoms with Crippen molar-refractivity contribution < 1.29 is 0 Å². The average Bonchev–Trinajstić information content (AvgIpc) is 2.39. The molecule has 1 aliphatic carbocycles. The van der Waals surface area contributed by atoms with Gasteiger partial charge in [0.15, 0.2) is 0 Å². The van der Waals surface area contributed by atoms with Gasteiger partial charge in [0.25, 0.3) is 0 Å². The van der Waals surface area contributed by atoms with Crippen LogP contribution in [0.4, 0.5) is 5.69 Å². The Bertz CT molecular complexity index is 406. The van der Waals surface area contributed by atoms with E-state index in [4.69, 9.17) is 0 Å². The molecule has 1 fully saturated rings. The van der Waals surface area contributed by atoms with Gasteiger partial charge in [-0.1, -0.05) is 19.1 Å². The van der Waals surface area contributed by atoms with Gasteiger partial charge < -0.3 is 10.2 Å². The lowest BCUT2D eigenvalue weighted by molar-refractivity contribution is 0.340. The zero-order valence-corrected chi connectivity index (χ0v) is 12.9. The van der Waals surface area contributed by atoms with Crippen molar-refractivity contribution >= 4 is 5.69 Å². The zero-order chi connectivity index (χ0) is 13.8. The van der Waals surface area contributed by atoms with Crippen LogP contribution in [-0.4, -0.2) is 20.1 Å². The Kier molecular flexibility index (Phi) is 4.87. The van der Waals surface area contributed by atoms with Gasteiger partial charge in [-0.15, -0.1) is 0 Å². The monoisotopic (exact) mass is 260 g/mol. The minimum Gasteiger partial charge on any atom is -0.371 e. The van der Waals surface area contributed by atoms with E-state index in [9.17, 15) is 0 Å². The molecule has 0 saturated heterocycles. The third kappa shape index (κ3) is 3.50. The summed E-state index contributed by atoms with van der Waals surface area (Å²) < 4.78 is 0. The Morgan fingerprint density at radius 3 is 2.47 bits per heavy atom. The molecule has 0 amide bonds. The highest BCUT2D eigenvalue weighted by Gasteiger charge is 2.22. The van der Waals surface area contributed by atoms with Crippen molar-refractivity contribution in [2.24, 2.45) is 5.92 Å². The molecule has 106 valence electrons. The van der Waals surface area contributed by atoms with Crippen LogP contribution >= 0.6 is 0 Å². The highest BCUT2D eigenvalue weighted by atomic mass is 15.1. The molecule has 1 N–H and O–H groups in total. The topological polar surface area (TPSA) is 15.3 Å². The predicted molar refractivity (Wildman–Crippen MR) is 83.8 cm³/mol. The Morgan fingerprint density at radius 1 is 1.21 bits per heavy atom. The van der Waals surface area contributed by atoms with E-state index in [1.165, 1.54) is 42.5 Å². The molecule has 0 aromatic heterocycles. The maximum Gasteiger partial charge on any atom is 0.0396 e. The van der Waals surface area contributed by atoms with Crippen LogP contribution in [0.3, 0.4) is 0 Å². The van der Waals surface area contributed by atoms with E-state index in [1.807, 2.05) is 7.05 Å². The van der Waals surface area contributed by atoms with Gasteiger partial charge in [0.1, 0.15) is 0 Å². The molecule has 0 spiro atoms. The maximum absolute atomic E-state index is 3.21. The summed E-state index contributed by atoms with van der Waals surface area (Å²) in [5, 5.41) is 3.21. The molecule has 2 heteroatoms.